The maximum absolute atomic E-state index is 10.7. The molecule has 0 radical (unpaired) electrons. The summed E-state index contributed by atoms with van der Waals surface area (Å²) in [7, 11) is 0. The zero-order chi connectivity index (χ0) is 17.6. The Kier molecular flexibility index (Phi) is 5.75. The summed E-state index contributed by atoms with van der Waals surface area (Å²) in [6.45, 7) is 5.65. The lowest BCUT2D eigenvalue weighted by Crippen LogP contribution is -2.23. The molecule has 0 atom stereocenters. The van der Waals surface area contributed by atoms with E-state index >= 15 is 0 Å². The SMILES string of the molecule is CCCc1ncc(CN2CCCn3nc(CCC(=O)O)cc3C2)cn1. The van der Waals surface area contributed by atoms with Crippen molar-refractivity contribution in [1.82, 2.24) is 24.6 Å². The standard InChI is InChI=1S/C18H25N5O2/c1-2-4-17-19-10-14(11-20-17)12-22-7-3-8-23-16(13-22)9-15(21-23)5-6-18(24)25/h9-11H,2-8,12-13H2,1H3,(H,24,25). The third-order valence-electron chi connectivity index (χ3n) is 4.38. The van der Waals surface area contributed by atoms with Crippen LogP contribution in [0.3, 0.4) is 0 Å². The Morgan fingerprint density at radius 1 is 1.24 bits per heavy atom. The monoisotopic (exact) mass is 343 g/mol. The largest absolute Gasteiger partial charge is 0.481 e. The van der Waals surface area contributed by atoms with E-state index in [1.807, 2.05) is 23.1 Å². The summed E-state index contributed by atoms with van der Waals surface area (Å²) in [5, 5.41) is 13.4. The molecule has 0 saturated heterocycles. The van der Waals surface area contributed by atoms with Crippen LogP contribution in [0.2, 0.25) is 0 Å². The fourth-order valence-electron chi connectivity index (χ4n) is 3.15. The summed E-state index contributed by atoms with van der Waals surface area (Å²) in [6.07, 6.45) is 7.48. The fraction of sp³-hybridized carbons (Fsp3) is 0.556. The third kappa shape index (κ3) is 4.85. The van der Waals surface area contributed by atoms with Gasteiger partial charge in [0.25, 0.3) is 0 Å². The lowest BCUT2D eigenvalue weighted by atomic mass is 10.2. The normalized spacial score (nSPS) is 14.9. The van der Waals surface area contributed by atoms with Gasteiger partial charge in [-0.05, 0) is 18.9 Å². The van der Waals surface area contributed by atoms with Gasteiger partial charge in [-0.15, -0.1) is 0 Å². The summed E-state index contributed by atoms with van der Waals surface area (Å²) in [5.74, 6) is 0.125. The van der Waals surface area contributed by atoms with Crippen LogP contribution in [0, 0.1) is 0 Å². The number of nitrogens with zero attached hydrogens (tertiary/aromatic N) is 5. The second-order valence-electron chi connectivity index (χ2n) is 6.57. The number of aliphatic carboxylic acids is 1. The van der Waals surface area contributed by atoms with Crippen molar-refractivity contribution in [1.29, 1.82) is 0 Å². The van der Waals surface area contributed by atoms with Crippen LogP contribution in [0.1, 0.15) is 49.0 Å². The number of rotatable bonds is 7. The van der Waals surface area contributed by atoms with Crippen LogP contribution in [0.15, 0.2) is 18.5 Å². The lowest BCUT2D eigenvalue weighted by molar-refractivity contribution is -0.136. The van der Waals surface area contributed by atoms with Gasteiger partial charge in [0.05, 0.1) is 17.8 Å². The molecule has 1 aliphatic heterocycles. The Morgan fingerprint density at radius 3 is 2.76 bits per heavy atom. The van der Waals surface area contributed by atoms with Gasteiger partial charge in [0.2, 0.25) is 0 Å². The van der Waals surface area contributed by atoms with E-state index in [4.69, 9.17) is 5.11 Å². The topological polar surface area (TPSA) is 84.1 Å². The molecule has 0 amide bonds. The second kappa shape index (κ2) is 8.20. The molecule has 0 aliphatic carbocycles. The highest BCUT2D eigenvalue weighted by atomic mass is 16.4. The molecular formula is C18H25N5O2. The molecule has 3 rings (SSSR count). The van der Waals surface area contributed by atoms with Crippen molar-refractivity contribution < 1.29 is 9.90 Å². The van der Waals surface area contributed by atoms with Crippen LogP contribution in [0.5, 0.6) is 0 Å². The molecule has 1 aliphatic rings. The van der Waals surface area contributed by atoms with Crippen molar-refractivity contribution >= 4 is 5.97 Å². The van der Waals surface area contributed by atoms with E-state index in [1.54, 1.807) is 0 Å². The lowest BCUT2D eigenvalue weighted by Gasteiger charge is -2.19. The molecular weight excluding hydrogens is 318 g/mol. The average molecular weight is 343 g/mol. The maximum Gasteiger partial charge on any atom is 0.303 e. The third-order valence-corrected chi connectivity index (χ3v) is 4.38. The van der Waals surface area contributed by atoms with Crippen LogP contribution in [-0.4, -0.2) is 42.3 Å². The number of carboxylic acids is 1. The fourth-order valence-corrected chi connectivity index (χ4v) is 3.15. The Morgan fingerprint density at radius 2 is 2.04 bits per heavy atom. The van der Waals surface area contributed by atoms with Crippen LogP contribution in [0.4, 0.5) is 0 Å². The van der Waals surface area contributed by atoms with Gasteiger partial charge in [-0.2, -0.15) is 5.10 Å². The molecule has 25 heavy (non-hydrogen) atoms. The highest BCUT2D eigenvalue weighted by molar-refractivity contribution is 5.66. The van der Waals surface area contributed by atoms with Crippen molar-refractivity contribution in [3.63, 3.8) is 0 Å². The first-order valence-corrected chi connectivity index (χ1v) is 8.93. The van der Waals surface area contributed by atoms with Crippen molar-refractivity contribution in [2.75, 3.05) is 6.54 Å². The van der Waals surface area contributed by atoms with Gasteiger partial charge in [-0.25, -0.2) is 9.97 Å². The van der Waals surface area contributed by atoms with E-state index < -0.39 is 5.97 Å². The Balaban J connectivity index is 1.63. The number of hydrogen-bond donors (Lipinski definition) is 1. The van der Waals surface area contributed by atoms with Crippen molar-refractivity contribution in [2.24, 2.45) is 0 Å². The Labute approximate surface area is 147 Å². The summed E-state index contributed by atoms with van der Waals surface area (Å²) >= 11 is 0. The van der Waals surface area contributed by atoms with E-state index in [9.17, 15) is 4.79 Å². The minimum atomic E-state index is -0.781. The predicted octanol–water partition coefficient (Wildman–Crippen LogP) is 2.05. The zero-order valence-electron chi connectivity index (χ0n) is 14.7. The van der Waals surface area contributed by atoms with Crippen LogP contribution >= 0.6 is 0 Å². The predicted molar refractivity (Wildman–Crippen MR) is 92.9 cm³/mol. The van der Waals surface area contributed by atoms with Crippen LogP contribution < -0.4 is 0 Å². The first-order chi connectivity index (χ1) is 12.1. The van der Waals surface area contributed by atoms with E-state index in [2.05, 4.69) is 26.9 Å². The minimum absolute atomic E-state index is 0.127. The number of carboxylic acid groups (broad SMARTS) is 1. The molecule has 134 valence electrons. The minimum Gasteiger partial charge on any atom is -0.481 e. The van der Waals surface area contributed by atoms with Gasteiger partial charge in [0.15, 0.2) is 0 Å². The average Bonchev–Trinajstić information content (AvgIpc) is 2.87. The van der Waals surface area contributed by atoms with Gasteiger partial charge in [0, 0.05) is 57.0 Å². The van der Waals surface area contributed by atoms with Crippen molar-refractivity contribution in [3.05, 3.63) is 41.2 Å². The summed E-state index contributed by atoms with van der Waals surface area (Å²) in [4.78, 5) is 22.0. The second-order valence-corrected chi connectivity index (χ2v) is 6.57. The highest BCUT2D eigenvalue weighted by Crippen LogP contribution is 2.16. The molecule has 2 aromatic rings. The smallest absolute Gasteiger partial charge is 0.303 e. The summed E-state index contributed by atoms with van der Waals surface area (Å²) in [6, 6.07) is 2.04. The van der Waals surface area contributed by atoms with Gasteiger partial charge >= 0.3 is 5.97 Å². The van der Waals surface area contributed by atoms with E-state index in [0.717, 1.165) is 68.2 Å². The number of hydrogen-bond acceptors (Lipinski definition) is 5. The number of aryl methyl sites for hydroxylation is 3. The molecule has 0 aromatic carbocycles. The molecule has 1 N–H and O–H groups in total. The molecule has 7 heteroatoms. The maximum atomic E-state index is 10.7. The number of fused-ring (bicyclic) bond motifs is 1. The zero-order valence-corrected chi connectivity index (χ0v) is 14.7. The highest BCUT2D eigenvalue weighted by Gasteiger charge is 2.17. The number of aromatic nitrogens is 4. The van der Waals surface area contributed by atoms with Crippen molar-refractivity contribution in [2.45, 2.75) is 58.7 Å². The molecule has 3 heterocycles. The first kappa shape index (κ1) is 17.5. The van der Waals surface area contributed by atoms with E-state index in [-0.39, 0.29) is 6.42 Å². The van der Waals surface area contributed by atoms with Gasteiger partial charge in [0.1, 0.15) is 5.82 Å². The van der Waals surface area contributed by atoms with E-state index in [1.165, 1.54) is 0 Å². The summed E-state index contributed by atoms with van der Waals surface area (Å²) < 4.78 is 2.03. The molecule has 0 fully saturated rings. The molecule has 0 spiro atoms. The van der Waals surface area contributed by atoms with Gasteiger partial charge in [-0.1, -0.05) is 6.92 Å². The number of carbonyl (C=O) groups is 1. The summed E-state index contributed by atoms with van der Waals surface area (Å²) in [5.41, 5.74) is 3.15. The Bertz CT molecular complexity index is 711. The van der Waals surface area contributed by atoms with E-state index in [0.29, 0.717) is 6.42 Å². The quantitative estimate of drug-likeness (QED) is 0.828. The molecule has 0 saturated carbocycles. The molecule has 0 bridgehead atoms. The molecule has 0 unspecified atom stereocenters. The van der Waals surface area contributed by atoms with Crippen LogP contribution in [-0.2, 0) is 37.3 Å². The van der Waals surface area contributed by atoms with Crippen LogP contribution in [0.25, 0.3) is 0 Å². The van der Waals surface area contributed by atoms with Crippen molar-refractivity contribution in [3.8, 4) is 0 Å². The van der Waals surface area contributed by atoms with Gasteiger partial charge < -0.3 is 5.11 Å². The molecule has 7 nitrogen and oxygen atoms in total. The molecule has 2 aromatic heterocycles. The first-order valence-electron chi connectivity index (χ1n) is 8.93. The van der Waals surface area contributed by atoms with Gasteiger partial charge in [-0.3, -0.25) is 14.4 Å². The Hall–Kier alpha value is -2.28.